The molecule has 1 N–H and O–H groups in total. The van der Waals surface area contributed by atoms with Crippen LogP contribution in [0.3, 0.4) is 0 Å². The first-order valence-corrected chi connectivity index (χ1v) is 13.2. The van der Waals surface area contributed by atoms with Gasteiger partial charge in [-0.05, 0) is 60.7 Å². The number of rotatable bonds is 10. The number of likely N-dealkylation sites (tertiary alicyclic amines) is 1. The molecule has 2 aromatic rings. The summed E-state index contributed by atoms with van der Waals surface area (Å²) in [5, 5.41) is 3.85. The van der Waals surface area contributed by atoms with Crippen LogP contribution in [0.15, 0.2) is 42.5 Å². The predicted molar refractivity (Wildman–Crippen MR) is 142 cm³/mol. The fourth-order valence-electron chi connectivity index (χ4n) is 5.33. The third kappa shape index (κ3) is 7.59. The Morgan fingerprint density at radius 3 is 2.39 bits per heavy atom. The fraction of sp³-hybridized carbons (Fsp3) is 0.536. The number of carbonyl (C=O) groups is 1. The first kappa shape index (κ1) is 26.7. The van der Waals surface area contributed by atoms with E-state index in [0.29, 0.717) is 24.9 Å². The average molecular weight is 516 g/mol. The minimum Gasteiger partial charge on any atom is -0.497 e. The van der Waals surface area contributed by atoms with Crippen LogP contribution in [-0.2, 0) is 22.6 Å². The van der Waals surface area contributed by atoms with Gasteiger partial charge in [-0.15, -0.1) is 0 Å². The number of hydrogen-bond donors (Lipinski definition) is 1. The molecule has 36 heavy (non-hydrogen) atoms. The Morgan fingerprint density at radius 2 is 1.72 bits per heavy atom. The van der Waals surface area contributed by atoms with Gasteiger partial charge in [-0.25, -0.2) is 0 Å². The Morgan fingerprint density at radius 1 is 1.03 bits per heavy atom. The van der Waals surface area contributed by atoms with Crippen LogP contribution in [0, 0.1) is 5.92 Å². The molecule has 2 aliphatic rings. The van der Waals surface area contributed by atoms with E-state index in [0.717, 1.165) is 80.9 Å². The van der Waals surface area contributed by atoms with E-state index >= 15 is 0 Å². The van der Waals surface area contributed by atoms with Crippen molar-refractivity contribution < 1.29 is 19.0 Å². The van der Waals surface area contributed by atoms with Crippen LogP contribution >= 0.6 is 11.6 Å². The number of ether oxygens (including phenoxy) is 3. The van der Waals surface area contributed by atoms with E-state index < -0.39 is 0 Å². The molecule has 0 aliphatic carbocycles. The lowest BCUT2D eigenvalue weighted by Gasteiger charge is -2.45. The van der Waals surface area contributed by atoms with Gasteiger partial charge in [-0.3, -0.25) is 14.6 Å². The molecule has 2 heterocycles. The van der Waals surface area contributed by atoms with Gasteiger partial charge in [0, 0.05) is 56.3 Å². The standard InChI is InChI=1S/C28H38ClN3O4/c1-34-25-15-22(16-26(17-25)35-2)18-30-28(33)8-5-23-20-31(19-21-3-6-24(29)7-4-21)10-9-27(23)32-11-13-36-14-12-32/h3-4,6-7,15-17,23,27H,5,8-14,18-20H2,1-2H3,(H,30,33)/t23-,27+/m1/s1. The molecule has 7 nitrogen and oxygen atoms in total. The molecule has 4 rings (SSSR count). The third-order valence-electron chi connectivity index (χ3n) is 7.26. The summed E-state index contributed by atoms with van der Waals surface area (Å²) in [6, 6.07) is 14.3. The van der Waals surface area contributed by atoms with Crippen molar-refractivity contribution in [2.45, 2.75) is 38.4 Å². The molecule has 0 bridgehead atoms. The molecule has 1 amide bonds. The van der Waals surface area contributed by atoms with Gasteiger partial charge in [0.2, 0.25) is 5.91 Å². The van der Waals surface area contributed by atoms with Gasteiger partial charge in [-0.1, -0.05) is 23.7 Å². The lowest BCUT2D eigenvalue weighted by molar-refractivity contribution is -0.121. The Balaban J connectivity index is 1.34. The van der Waals surface area contributed by atoms with E-state index in [1.807, 2.05) is 30.3 Å². The second-order valence-corrected chi connectivity index (χ2v) is 10.1. The average Bonchev–Trinajstić information content (AvgIpc) is 2.92. The molecule has 0 radical (unpaired) electrons. The number of halogens is 1. The highest BCUT2D eigenvalue weighted by molar-refractivity contribution is 6.30. The van der Waals surface area contributed by atoms with Crippen LogP contribution in [0.2, 0.25) is 5.02 Å². The highest BCUT2D eigenvalue weighted by Crippen LogP contribution is 2.28. The van der Waals surface area contributed by atoms with Crippen molar-refractivity contribution in [3.05, 3.63) is 58.6 Å². The maximum Gasteiger partial charge on any atom is 0.220 e. The zero-order valence-corrected chi connectivity index (χ0v) is 22.1. The largest absolute Gasteiger partial charge is 0.497 e. The maximum absolute atomic E-state index is 12.8. The summed E-state index contributed by atoms with van der Waals surface area (Å²) in [7, 11) is 3.25. The summed E-state index contributed by atoms with van der Waals surface area (Å²) in [6.07, 6.45) is 2.50. The molecule has 8 heteroatoms. The number of piperidine rings is 1. The Hall–Kier alpha value is -2.32. The van der Waals surface area contributed by atoms with Crippen molar-refractivity contribution in [1.82, 2.24) is 15.1 Å². The summed E-state index contributed by atoms with van der Waals surface area (Å²) in [6.45, 7) is 6.95. The summed E-state index contributed by atoms with van der Waals surface area (Å²) in [5.41, 5.74) is 2.23. The van der Waals surface area contributed by atoms with Crippen LogP contribution in [0.25, 0.3) is 0 Å². The quantitative estimate of drug-likeness (QED) is 0.516. The van der Waals surface area contributed by atoms with Crippen molar-refractivity contribution >= 4 is 17.5 Å². The molecule has 0 saturated carbocycles. The number of nitrogens with zero attached hydrogens (tertiary/aromatic N) is 2. The number of benzene rings is 2. The molecular weight excluding hydrogens is 478 g/mol. The molecule has 2 aromatic carbocycles. The zero-order chi connectivity index (χ0) is 25.3. The van der Waals surface area contributed by atoms with Gasteiger partial charge in [0.25, 0.3) is 0 Å². The van der Waals surface area contributed by atoms with E-state index in [1.54, 1.807) is 14.2 Å². The Kier molecular flexibility index (Phi) is 9.87. The Labute approximate surface area is 219 Å². The maximum atomic E-state index is 12.8. The number of amides is 1. The van der Waals surface area contributed by atoms with Crippen molar-refractivity contribution in [2.24, 2.45) is 5.92 Å². The molecule has 2 aliphatic heterocycles. The summed E-state index contributed by atoms with van der Waals surface area (Å²) >= 11 is 6.07. The lowest BCUT2D eigenvalue weighted by atomic mass is 9.86. The number of nitrogens with one attached hydrogen (secondary N) is 1. The highest BCUT2D eigenvalue weighted by Gasteiger charge is 2.34. The van der Waals surface area contributed by atoms with Crippen molar-refractivity contribution in [2.75, 3.05) is 53.6 Å². The molecule has 0 spiro atoms. The van der Waals surface area contributed by atoms with Gasteiger partial charge < -0.3 is 19.5 Å². The normalized spacial score (nSPS) is 21.2. The molecule has 2 atom stereocenters. The monoisotopic (exact) mass is 515 g/mol. The van der Waals surface area contributed by atoms with Gasteiger partial charge >= 0.3 is 0 Å². The summed E-state index contributed by atoms with van der Waals surface area (Å²) in [4.78, 5) is 17.9. The number of carbonyl (C=O) groups excluding carboxylic acids is 1. The summed E-state index contributed by atoms with van der Waals surface area (Å²) in [5.74, 6) is 1.95. The molecule has 196 valence electrons. The second kappa shape index (κ2) is 13.3. The van der Waals surface area contributed by atoms with Gasteiger partial charge in [0.1, 0.15) is 11.5 Å². The number of morpholine rings is 1. The molecule has 0 aromatic heterocycles. The van der Waals surface area contributed by atoms with Gasteiger partial charge in [0.05, 0.1) is 27.4 Å². The molecule has 2 fully saturated rings. The number of hydrogen-bond acceptors (Lipinski definition) is 6. The van der Waals surface area contributed by atoms with Crippen LogP contribution in [-0.4, -0.2) is 75.4 Å². The summed E-state index contributed by atoms with van der Waals surface area (Å²) < 4.78 is 16.3. The van der Waals surface area contributed by atoms with Crippen molar-refractivity contribution in [3.63, 3.8) is 0 Å². The zero-order valence-electron chi connectivity index (χ0n) is 21.4. The smallest absolute Gasteiger partial charge is 0.220 e. The number of methoxy groups -OCH3 is 2. The molecular formula is C28H38ClN3O4. The van der Waals surface area contributed by atoms with E-state index in [9.17, 15) is 4.79 Å². The second-order valence-electron chi connectivity index (χ2n) is 9.66. The van der Waals surface area contributed by atoms with Crippen molar-refractivity contribution in [1.29, 1.82) is 0 Å². The minimum atomic E-state index is 0.0762. The van der Waals surface area contributed by atoms with Crippen LogP contribution in [0.5, 0.6) is 11.5 Å². The van der Waals surface area contributed by atoms with Gasteiger partial charge in [0.15, 0.2) is 0 Å². The van der Waals surface area contributed by atoms with E-state index in [2.05, 4.69) is 27.2 Å². The predicted octanol–water partition coefficient (Wildman–Crippen LogP) is 3.98. The van der Waals surface area contributed by atoms with Crippen LogP contribution < -0.4 is 14.8 Å². The first-order valence-electron chi connectivity index (χ1n) is 12.8. The van der Waals surface area contributed by atoms with E-state index in [-0.39, 0.29) is 5.91 Å². The van der Waals surface area contributed by atoms with Crippen LogP contribution in [0.4, 0.5) is 0 Å². The fourth-order valence-corrected chi connectivity index (χ4v) is 5.46. The van der Waals surface area contributed by atoms with E-state index in [4.69, 9.17) is 25.8 Å². The van der Waals surface area contributed by atoms with E-state index in [1.165, 1.54) is 5.56 Å². The SMILES string of the molecule is COc1cc(CNC(=O)CC[C@@H]2CN(Cc3ccc(Cl)cc3)CC[C@@H]2N2CCOCC2)cc(OC)c1. The highest BCUT2D eigenvalue weighted by atomic mass is 35.5. The topological polar surface area (TPSA) is 63.3 Å². The van der Waals surface area contributed by atoms with Crippen molar-refractivity contribution in [3.8, 4) is 11.5 Å². The first-order chi connectivity index (χ1) is 17.5. The van der Waals surface area contributed by atoms with Crippen LogP contribution in [0.1, 0.15) is 30.4 Å². The Bertz CT molecular complexity index is 959. The lowest BCUT2D eigenvalue weighted by Crippen LogP contribution is -2.54. The molecule has 2 saturated heterocycles. The molecule has 0 unspecified atom stereocenters. The minimum absolute atomic E-state index is 0.0762. The van der Waals surface area contributed by atoms with Gasteiger partial charge in [-0.2, -0.15) is 0 Å². The third-order valence-corrected chi connectivity index (χ3v) is 7.51.